The monoisotopic (exact) mass is 492 g/mol. The van der Waals surface area contributed by atoms with Crippen LogP contribution in [0.2, 0.25) is 0 Å². The lowest BCUT2D eigenvalue weighted by molar-refractivity contribution is -0.0749. The second-order valence-electron chi connectivity index (χ2n) is 10.6. The number of hydrogen-bond acceptors (Lipinski definition) is 4. The van der Waals surface area contributed by atoms with Crippen LogP contribution in [0.25, 0.3) is 21.9 Å². The van der Waals surface area contributed by atoms with Gasteiger partial charge in [-0.25, -0.2) is 0 Å². The normalized spacial score (nSPS) is 28.2. The van der Waals surface area contributed by atoms with Crippen molar-refractivity contribution in [1.29, 1.82) is 0 Å². The molecule has 0 radical (unpaired) electrons. The molecule has 0 aliphatic heterocycles. The number of halogens is 2. The first-order valence-corrected chi connectivity index (χ1v) is 13.6. The number of ether oxygens (including phenoxy) is 2. The van der Waals surface area contributed by atoms with E-state index in [0.717, 1.165) is 37.0 Å². The van der Waals surface area contributed by atoms with Crippen LogP contribution in [0.15, 0.2) is 28.7 Å². The number of benzene rings is 2. The van der Waals surface area contributed by atoms with Crippen molar-refractivity contribution in [2.75, 3.05) is 19.4 Å². The van der Waals surface area contributed by atoms with Gasteiger partial charge in [-0.2, -0.15) is 8.78 Å². The molecule has 34 heavy (non-hydrogen) atoms. The molecule has 2 aromatic carbocycles. The van der Waals surface area contributed by atoms with E-state index >= 15 is 4.39 Å². The molecule has 0 atom stereocenters. The van der Waals surface area contributed by atoms with Gasteiger partial charge in [-0.1, -0.05) is 0 Å². The minimum absolute atomic E-state index is 0.0794. The minimum atomic E-state index is -4.26. The molecule has 2 N–H and O–H groups in total. The highest BCUT2D eigenvalue weighted by molar-refractivity contribution is 7.51. The van der Waals surface area contributed by atoms with Gasteiger partial charge in [0.1, 0.15) is 0 Å². The highest BCUT2D eigenvalue weighted by Crippen LogP contribution is 2.60. The lowest BCUT2D eigenvalue weighted by atomic mass is 9.50. The van der Waals surface area contributed by atoms with Crippen LogP contribution < -0.4 is 9.47 Å². The number of furan rings is 1. The van der Waals surface area contributed by atoms with Gasteiger partial charge in [0.25, 0.3) is 0 Å². The van der Waals surface area contributed by atoms with Gasteiger partial charge in [0.15, 0.2) is 22.7 Å². The molecule has 4 fully saturated rings. The Morgan fingerprint density at radius 1 is 0.882 bits per heavy atom. The van der Waals surface area contributed by atoms with E-state index in [-0.39, 0.29) is 34.7 Å². The van der Waals surface area contributed by atoms with E-state index in [1.165, 1.54) is 25.3 Å². The fourth-order valence-corrected chi connectivity index (χ4v) is 7.33. The summed E-state index contributed by atoms with van der Waals surface area (Å²) < 4.78 is 58.1. The largest absolute Gasteiger partial charge is 0.490 e. The SMILES string of the molecule is O=P(O)(O)CCOc1ccc2c(oc3c(F)c(OCC45CC6CC(CC(C6)C4)C5)ccc32)c1F. The molecule has 0 unspecified atom stereocenters. The number of hydrogen-bond donors (Lipinski definition) is 2. The fourth-order valence-electron chi connectivity index (χ4n) is 7.00. The highest BCUT2D eigenvalue weighted by atomic mass is 31.2. The maximum Gasteiger partial charge on any atom is 0.328 e. The van der Waals surface area contributed by atoms with E-state index in [1.54, 1.807) is 18.2 Å². The first kappa shape index (κ1) is 22.3. The standard InChI is InChI=1S/C25H27F2O6P/c26-21-19(31-5-6-34(28,29)30)3-1-17-18-2-4-20(22(27)24(18)33-23(17)21)32-13-25-10-14-7-15(11-25)9-16(8-14)12-25/h1-4,14-16H,5-13H2,(H2,28,29,30). The third-order valence-electron chi connectivity index (χ3n) is 7.96. The van der Waals surface area contributed by atoms with Crippen LogP contribution in [0, 0.1) is 34.8 Å². The highest BCUT2D eigenvalue weighted by Gasteiger charge is 2.51. The van der Waals surface area contributed by atoms with Gasteiger partial charge in [0, 0.05) is 16.2 Å². The second kappa shape index (κ2) is 7.94. The zero-order valence-corrected chi connectivity index (χ0v) is 19.5. The van der Waals surface area contributed by atoms with Crippen molar-refractivity contribution in [2.45, 2.75) is 38.5 Å². The molecule has 4 saturated carbocycles. The quantitative estimate of drug-likeness (QED) is 0.393. The molecule has 3 aromatic rings. The molecule has 0 saturated heterocycles. The van der Waals surface area contributed by atoms with Crippen molar-refractivity contribution in [3.05, 3.63) is 35.9 Å². The Morgan fingerprint density at radius 2 is 1.38 bits per heavy atom. The molecule has 1 heterocycles. The predicted molar refractivity (Wildman–Crippen MR) is 122 cm³/mol. The summed E-state index contributed by atoms with van der Waals surface area (Å²) in [6, 6.07) is 6.15. The number of fused-ring (bicyclic) bond motifs is 3. The molecule has 182 valence electrons. The molecular weight excluding hydrogens is 465 g/mol. The average Bonchev–Trinajstić information content (AvgIpc) is 3.14. The van der Waals surface area contributed by atoms with Gasteiger partial charge in [0.05, 0.1) is 19.4 Å². The molecule has 4 aliphatic rings. The molecule has 7 rings (SSSR count). The Labute approximate surface area is 195 Å². The van der Waals surface area contributed by atoms with Crippen molar-refractivity contribution < 1.29 is 37.0 Å². The smallest absolute Gasteiger partial charge is 0.328 e. The summed E-state index contributed by atoms with van der Waals surface area (Å²) in [5.41, 5.74) is -0.111. The fraction of sp³-hybridized carbons (Fsp3) is 0.520. The van der Waals surface area contributed by atoms with Crippen LogP contribution in [0.1, 0.15) is 38.5 Å². The summed E-state index contributed by atoms with van der Waals surface area (Å²) in [6.45, 7) is 0.134. The van der Waals surface area contributed by atoms with Crippen LogP contribution in [-0.2, 0) is 4.57 Å². The molecular formula is C25H27F2O6P. The number of rotatable bonds is 7. The lowest BCUT2D eigenvalue weighted by Crippen LogP contribution is -2.48. The Bertz CT molecular complexity index is 1280. The molecule has 6 nitrogen and oxygen atoms in total. The van der Waals surface area contributed by atoms with Gasteiger partial charge >= 0.3 is 7.60 Å². The van der Waals surface area contributed by atoms with Crippen molar-refractivity contribution in [3.8, 4) is 11.5 Å². The zero-order chi connectivity index (χ0) is 23.7. The van der Waals surface area contributed by atoms with Gasteiger partial charge in [-0.3, -0.25) is 4.57 Å². The molecule has 0 amide bonds. The Morgan fingerprint density at radius 3 is 1.88 bits per heavy atom. The van der Waals surface area contributed by atoms with E-state index in [4.69, 9.17) is 23.7 Å². The van der Waals surface area contributed by atoms with Gasteiger partial charge in [0.2, 0.25) is 11.6 Å². The van der Waals surface area contributed by atoms with E-state index in [9.17, 15) is 8.96 Å². The Kier molecular flexibility index (Phi) is 5.21. The molecule has 1 aromatic heterocycles. The Hall–Kier alpha value is -2.15. The molecule has 9 heteroatoms. The molecule has 4 aliphatic carbocycles. The molecule has 4 bridgehead atoms. The average molecular weight is 492 g/mol. The van der Waals surface area contributed by atoms with Gasteiger partial charge < -0.3 is 23.7 Å². The van der Waals surface area contributed by atoms with Gasteiger partial charge in [-0.15, -0.1) is 0 Å². The summed E-state index contributed by atoms with van der Waals surface area (Å²) >= 11 is 0. The third-order valence-corrected chi connectivity index (χ3v) is 8.72. The summed E-state index contributed by atoms with van der Waals surface area (Å²) in [6.07, 6.45) is 6.92. The van der Waals surface area contributed by atoms with Crippen molar-refractivity contribution >= 4 is 29.5 Å². The topological polar surface area (TPSA) is 89.1 Å². The van der Waals surface area contributed by atoms with E-state index in [2.05, 4.69) is 0 Å². The maximum absolute atomic E-state index is 15.4. The van der Waals surface area contributed by atoms with Crippen LogP contribution in [0.4, 0.5) is 8.78 Å². The lowest BCUT2D eigenvalue weighted by Gasteiger charge is -2.56. The van der Waals surface area contributed by atoms with Gasteiger partial charge in [-0.05, 0) is 80.5 Å². The van der Waals surface area contributed by atoms with Crippen LogP contribution in [0.5, 0.6) is 11.5 Å². The summed E-state index contributed by atoms with van der Waals surface area (Å²) in [7, 11) is -4.26. The summed E-state index contributed by atoms with van der Waals surface area (Å²) in [4.78, 5) is 17.9. The van der Waals surface area contributed by atoms with E-state index in [1.807, 2.05) is 0 Å². The summed E-state index contributed by atoms with van der Waals surface area (Å²) in [5, 5.41) is 0.816. The Balaban J connectivity index is 1.25. The predicted octanol–water partition coefficient (Wildman–Crippen LogP) is 6.02. The van der Waals surface area contributed by atoms with Crippen LogP contribution in [0.3, 0.4) is 0 Å². The minimum Gasteiger partial charge on any atom is -0.490 e. The van der Waals surface area contributed by atoms with Crippen molar-refractivity contribution in [3.63, 3.8) is 0 Å². The first-order chi connectivity index (χ1) is 16.2. The zero-order valence-electron chi connectivity index (χ0n) is 18.6. The van der Waals surface area contributed by atoms with Crippen molar-refractivity contribution in [1.82, 2.24) is 0 Å². The van der Waals surface area contributed by atoms with Crippen LogP contribution in [-0.4, -0.2) is 29.2 Å². The van der Waals surface area contributed by atoms with E-state index < -0.39 is 25.4 Å². The van der Waals surface area contributed by atoms with E-state index in [0.29, 0.717) is 17.4 Å². The van der Waals surface area contributed by atoms with Crippen molar-refractivity contribution in [2.24, 2.45) is 23.2 Å². The third kappa shape index (κ3) is 3.90. The summed E-state index contributed by atoms with van der Waals surface area (Å²) in [5.74, 6) is 0.743. The first-order valence-electron chi connectivity index (χ1n) is 11.8. The van der Waals surface area contributed by atoms with Crippen LogP contribution >= 0.6 is 7.60 Å². The second-order valence-corrected chi connectivity index (χ2v) is 12.3. The maximum atomic E-state index is 15.4. The molecule has 0 spiro atoms.